The van der Waals surface area contributed by atoms with Gasteiger partial charge in [-0.15, -0.1) is 0 Å². The number of aliphatic hydroxyl groups excluding tert-OH is 2. The van der Waals surface area contributed by atoms with Crippen molar-refractivity contribution >= 4 is 35.6 Å². The van der Waals surface area contributed by atoms with Crippen LogP contribution in [-0.2, 0) is 42.9 Å². The van der Waals surface area contributed by atoms with E-state index in [1.54, 1.807) is 78.9 Å². The van der Waals surface area contributed by atoms with E-state index in [1.807, 2.05) is 0 Å². The average molecular weight is 838 g/mol. The minimum absolute atomic E-state index is 0.0434. The first-order valence-electron chi connectivity index (χ1n) is 20.1. The molecule has 3 saturated carbocycles. The van der Waals surface area contributed by atoms with Crippen molar-refractivity contribution in [2.75, 3.05) is 6.61 Å². The van der Waals surface area contributed by atoms with Gasteiger partial charge in [0.25, 0.3) is 5.91 Å². The van der Waals surface area contributed by atoms with E-state index in [1.165, 1.54) is 32.9 Å². The van der Waals surface area contributed by atoms with E-state index in [9.17, 15) is 39.3 Å². The fraction of sp³-hybridized carbons (Fsp3) is 0.435. The highest BCUT2D eigenvalue weighted by atomic mass is 16.6. The van der Waals surface area contributed by atoms with Gasteiger partial charge in [0, 0.05) is 32.3 Å². The molecule has 1 heterocycles. The number of amides is 1. The molecule has 4 fully saturated rings. The van der Waals surface area contributed by atoms with Gasteiger partial charge in [-0.1, -0.05) is 66.7 Å². The Balaban J connectivity index is 1.26. The molecule has 61 heavy (non-hydrogen) atoms. The molecule has 320 valence electrons. The highest BCUT2D eigenvalue weighted by Crippen LogP contribution is 2.78. The largest absolute Gasteiger partial charge is 0.455 e. The molecule has 3 aromatic carbocycles. The molecule has 4 aliphatic carbocycles. The summed E-state index contributed by atoms with van der Waals surface area (Å²) in [4.78, 5) is 83.2. The van der Waals surface area contributed by atoms with Crippen molar-refractivity contribution in [3.8, 4) is 0 Å². The number of esters is 4. The van der Waals surface area contributed by atoms with Gasteiger partial charge in [0.05, 0.1) is 41.1 Å². The maximum atomic E-state index is 15.3. The number of fused-ring (bicyclic) bond motifs is 3. The molecule has 4 N–H and O–H groups in total. The van der Waals surface area contributed by atoms with Gasteiger partial charge in [0.1, 0.15) is 23.4 Å². The Morgan fingerprint density at radius 3 is 1.98 bits per heavy atom. The number of nitrogens with one attached hydrogen (secondary N) is 1. The van der Waals surface area contributed by atoms with Gasteiger partial charge in [-0.2, -0.15) is 0 Å². The third-order valence-electron chi connectivity index (χ3n) is 14.1. The van der Waals surface area contributed by atoms with Gasteiger partial charge in [-0.05, 0) is 61.7 Å². The van der Waals surface area contributed by atoms with Crippen molar-refractivity contribution in [3.63, 3.8) is 0 Å². The smallest absolute Gasteiger partial charge is 0.338 e. The SMILES string of the molecule is CC(=O)O[C@H]1C(=O)[C@@]2(C)[C@H]([C@H](OC(=O)c3ccccc3)[C@]3(O)C[C@@]4(OC(=O)[C@H](O)[C@@H](NC(=O)c5ccccc5)c5ccccc5)C(C)=C1C34C)[C@]1(OC(C)=O)CO[C@@H]1C[C@@H]2O. The average Bonchev–Trinajstić information content (AvgIpc) is 3.24. The highest BCUT2D eigenvalue weighted by molar-refractivity contribution is 5.97. The summed E-state index contributed by atoms with van der Waals surface area (Å²) in [6, 6.07) is 23.0. The number of carbonyl (C=O) groups is 6. The molecule has 3 aromatic rings. The van der Waals surface area contributed by atoms with E-state index >= 15 is 4.79 Å². The van der Waals surface area contributed by atoms with Gasteiger partial charge < -0.3 is 44.3 Å². The molecule has 0 spiro atoms. The van der Waals surface area contributed by atoms with Crippen LogP contribution in [0, 0.1) is 16.7 Å². The van der Waals surface area contributed by atoms with Crippen molar-refractivity contribution in [1.29, 1.82) is 0 Å². The topological polar surface area (TPSA) is 221 Å². The minimum Gasteiger partial charge on any atom is -0.455 e. The van der Waals surface area contributed by atoms with Gasteiger partial charge in [0.15, 0.2) is 23.6 Å². The number of ether oxygens (including phenoxy) is 5. The lowest BCUT2D eigenvalue weighted by Gasteiger charge is -2.78. The maximum Gasteiger partial charge on any atom is 0.338 e. The van der Waals surface area contributed by atoms with Crippen LogP contribution in [0.5, 0.6) is 0 Å². The number of carbonyl (C=O) groups excluding carboxylic acids is 6. The molecular weight excluding hydrogens is 790 g/mol. The Kier molecular flexibility index (Phi) is 10.1. The molecular formula is C46H47NO14. The number of ketones is 1. The van der Waals surface area contributed by atoms with Crippen molar-refractivity contribution in [3.05, 3.63) is 119 Å². The summed E-state index contributed by atoms with van der Waals surface area (Å²) < 4.78 is 30.3. The number of hydrogen-bond acceptors (Lipinski definition) is 14. The van der Waals surface area contributed by atoms with Gasteiger partial charge in [-0.3, -0.25) is 19.2 Å². The van der Waals surface area contributed by atoms with Crippen molar-refractivity contribution in [2.45, 2.75) is 101 Å². The second-order valence-corrected chi connectivity index (χ2v) is 17.1. The molecule has 8 rings (SSSR count). The summed E-state index contributed by atoms with van der Waals surface area (Å²) in [7, 11) is 0. The Hall–Kier alpha value is -5.74. The van der Waals surface area contributed by atoms with E-state index in [2.05, 4.69) is 5.32 Å². The molecule has 1 amide bonds. The van der Waals surface area contributed by atoms with Crippen LogP contribution in [0.15, 0.2) is 102 Å². The lowest BCUT2D eigenvalue weighted by Crippen LogP contribution is -2.90. The molecule has 12 atom stereocenters. The molecule has 0 bridgehead atoms. The minimum atomic E-state index is -2.30. The molecule has 15 nitrogen and oxygen atoms in total. The van der Waals surface area contributed by atoms with Crippen molar-refractivity contribution < 1.29 is 67.8 Å². The number of rotatable bonds is 10. The fourth-order valence-corrected chi connectivity index (χ4v) is 11.0. The standard InChI is InChI=1S/C46H47NO14/c1-24-32-35(58-25(2)48)37(52)42(4)30(50)21-31-44(23-57-31,60-26(3)49)36(42)38(59-40(54)29-19-13-8-14-20-29)45(56)22-46(24,43(32,45)5)61-41(55)34(51)33(27-15-9-6-10-16-27)47-39(53)28-17-11-7-12-18-28/h6-20,30-31,33-36,38,50-51,56H,21-23H2,1-5H3,(H,47,53)/t30-,31+,33-,34+,35+,36-,38-,42+,43?,44-,45+,46+/m0/s1. The highest BCUT2D eigenvalue weighted by Gasteiger charge is 2.89. The first-order valence-corrected chi connectivity index (χ1v) is 20.1. The Bertz CT molecular complexity index is 2340. The molecule has 1 aliphatic heterocycles. The summed E-state index contributed by atoms with van der Waals surface area (Å²) in [5, 5.41) is 40.0. The molecule has 15 heteroatoms. The second kappa shape index (κ2) is 14.7. The van der Waals surface area contributed by atoms with Crippen molar-refractivity contribution in [2.24, 2.45) is 16.7 Å². The van der Waals surface area contributed by atoms with Gasteiger partial charge in [0.2, 0.25) is 0 Å². The molecule has 1 unspecified atom stereocenters. The van der Waals surface area contributed by atoms with Crippen LogP contribution in [0.2, 0.25) is 0 Å². The summed E-state index contributed by atoms with van der Waals surface area (Å²) in [5.41, 5.74) is -8.81. The Morgan fingerprint density at radius 2 is 1.43 bits per heavy atom. The summed E-state index contributed by atoms with van der Waals surface area (Å²) in [6.45, 7) is 6.36. The van der Waals surface area contributed by atoms with Crippen LogP contribution < -0.4 is 5.32 Å². The van der Waals surface area contributed by atoms with E-state index in [0.717, 1.165) is 13.8 Å². The zero-order valence-electron chi connectivity index (χ0n) is 34.2. The predicted molar refractivity (Wildman–Crippen MR) is 211 cm³/mol. The third kappa shape index (κ3) is 5.92. The normalized spacial score (nSPS) is 35.3. The van der Waals surface area contributed by atoms with Crippen LogP contribution in [0.25, 0.3) is 0 Å². The fourth-order valence-electron chi connectivity index (χ4n) is 11.0. The zero-order valence-corrected chi connectivity index (χ0v) is 34.2. The lowest BCUT2D eigenvalue weighted by molar-refractivity contribution is -0.376. The molecule has 0 radical (unpaired) electrons. The molecule has 1 saturated heterocycles. The van der Waals surface area contributed by atoms with Crippen LogP contribution in [0.3, 0.4) is 0 Å². The number of aliphatic hydroxyl groups is 3. The maximum absolute atomic E-state index is 15.3. The lowest BCUT2D eigenvalue weighted by atomic mass is 9.30. The zero-order chi connectivity index (χ0) is 43.9. The first kappa shape index (κ1) is 42.0. The monoisotopic (exact) mass is 837 g/mol. The number of hydrogen-bond donors (Lipinski definition) is 4. The van der Waals surface area contributed by atoms with Gasteiger partial charge >= 0.3 is 23.9 Å². The van der Waals surface area contributed by atoms with Crippen LogP contribution in [-0.4, -0.2) is 105 Å². The molecule has 0 aromatic heterocycles. The Labute approximate surface area is 351 Å². The van der Waals surface area contributed by atoms with Crippen LogP contribution in [0.4, 0.5) is 0 Å². The van der Waals surface area contributed by atoms with E-state index in [0.29, 0.717) is 5.56 Å². The van der Waals surface area contributed by atoms with Crippen molar-refractivity contribution in [1.82, 2.24) is 5.32 Å². The molecule has 5 aliphatic rings. The number of benzene rings is 3. The third-order valence-corrected chi connectivity index (χ3v) is 14.1. The Morgan fingerprint density at radius 1 is 0.836 bits per heavy atom. The second-order valence-electron chi connectivity index (χ2n) is 17.1. The quantitative estimate of drug-likeness (QED) is 0.131. The summed E-state index contributed by atoms with van der Waals surface area (Å²) in [5.74, 6) is -6.74. The van der Waals surface area contributed by atoms with Crippen LogP contribution >= 0.6 is 0 Å². The first-order chi connectivity index (χ1) is 28.9. The summed E-state index contributed by atoms with van der Waals surface area (Å²) in [6.07, 6.45) is -8.82. The van der Waals surface area contributed by atoms with Gasteiger partial charge in [-0.25, -0.2) is 9.59 Å². The van der Waals surface area contributed by atoms with Crippen LogP contribution in [0.1, 0.15) is 79.8 Å². The van der Waals surface area contributed by atoms with E-state index < -0.39 is 112 Å². The number of Topliss-reactive ketones (excluding diaryl/α,β-unsaturated/α-hetero) is 1. The predicted octanol–water partition coefficient (Wildman–Crippen LogP) is 3.10. The summed E-state index contributed by atoms with van der Waals surface area (Å²) >= 11 is 0. The van der Waals surface area contributed by atoms with E-state index in [4.69, 9.17) is 23.7 Å². The van der Waals surface area contributed by atoms with E-state index in [-0.39, 0.29) is 35.3 Å².